The van der Waals surface area contributed by atoms with Crippen molar-refractivity contribution in [3.05, 3.63) is 24.3 Å². The van der Waals surface area contributed by atoms with Gasteiger partial charge in [-0.1, -0.05) is 205 Å². The summed E-state index contributed by atoms with van der Waals surface area (Å²) in [6.07, 6.45) is 47.1. The molecule has 56 heavy (non-hydrogen) atoms. The predicted octanol–water partition coefficient (Wildman–Crippen LogP) is 13.3. The minimum Gasteiger partial charge on any atom is -0.387 e. The SMILES string of the molecule is CCCCCCCCCCCCCCCCCCCCCC/C=C/CC/C=C/C(O)C(COP(=O)(O)OCC[N+](C)(C)C)NC(=O)CCCCCCCCCC. The van der Waals surface area contributed by atoms with Crippen LogP contribution in [0, 0.1) is 0 Å². The molecule has 0 heterocycles. The summed E-state index contributed by atoms with van der Waals surface area (Å²) >= 11 is 0. The molecule has 0 aliphatic carbocycles. The molecule has 0 aliphatic rings. The van der Waals surface area contributed by atoms with Crippen molar-refractivity contribution in [2.45, 2.75) is 231 Å². The quantitative estimate of drug-likeness (QED) is 0.0245. The number of nitrogens with zero attached hydrogens (tertiary/aromatic N) is 1. The number of phosphoric acid groups is 1. The van der Waals surface area contributed by atoms with Crippen molar-refractivity contribution in [1.82, 2.24) is 5.32 Å². The number of unbranched alkanes of at least 4 members (excludes halogenated alkanes) is 28. The first kappa shape index (κ1) is 55.0. The van der Waals surface area contributed by atoms with Gasteiger partial charge in [-0.3, -0.25) is 13.8 Å². The number of quaternary nitrogens is 1. The number of aliphatic hydroxyl groups is 1. The Morgan fingerprint density at radius 3 is 1.43 bits per heavy atom. The van der Waals surface area contributed by atoms with E-state index in [0.717, 1.165) is 38.5 Å². The highest BCUT2D eigenvalue weighted by Crippen LogP contribution is 2.43. The second-order valence-electron chi connectivity index (χ2n) is 17.5. The fourth-order valence-electron chi connectivity index (χ4n) is 6.88. The minimum absolute atomic E-state index is 0.0578. The molecule has 0 aromatic heterocycles. The molecular weight excluding hydrogens is 719 g/mol. The molecule has 0 rings (SSSR count). The van der Waals surface area contributed by atoms with E-state index in [1.54, 1.807) is 6.08 Å². The largest absolute Gasteiger partial charge is 0.472 e. The van der Waals surface area contributed by atoms with Gasteiger partial charge in [-0.2, -0.15) is 0 Å². The molecule has 0 saturated heterocycles. The van der Waals surface area contributed by atoms with E-state index in [9.17, 15) is 19.4 Å². The summed E-state index contributed by atoms with van der Waals surface area (Å²) in [5, 5.41) is 13.8. The van der Waals surface area contributed by atoms with Crippen LogP contribution in [0.1, 0.15) is 219 Å². The highest BCUT2D eigenvalue weighted by molar-refractivity contribution is 7.47. The van der Waals surface area contributed by atoms with E-state index in [1.165, 1.54) is 161 Å². The van der Waals surface area contributed by atoms with Gasteiger partial charge in [-0.05, 0) is 32.1 Å². The monoisotopic (exact) mass is 814 g/mol. The number of hydrogen-bond acceptors (Lipinski definition) is 5. The maximum absolute atomic E-state index is 12.8. The summed E-state index contributed by atoms with van der Waals surface area (Å²) < 4.78 is 23.5. The van der Waals surface area contributed by atoms with Gasteiger partial charge in [-0.25, -0.2) is 4.57 Å². The fraction of sp³-hybridized carbons (Fsp3) is 0.894. The predicted molar refractivity (Wildman–Crippen MR) is 240 cm³/mol. The van der Waals surface area contributed by atoms with Crippen LogP contribution in [0.2, 0.25) is 0 Å². The lowest BCUT2D eigenvalue weighted by molar-refractivity contribution is -0.870. The van der Waals surface area contributed by atoms with Gasteiger partial charge >= 0.3 is 7.82 Å². The van der Waals surface area contributed by atoms with Gasteiger partial charge in [0, 0.05) is 6.42 Å². The van der Waals surface area contributed by atoms with E-state index in [0.29, 0.717) is 17.4 Å². The second-order valence-corrected chi connectivity index (χ2v) is 18.9. The van der Waals surface area contributed by atoms with Crippen molar-refractivity contribution < 1.29 is 32.9 Å². The fourth-order valence-corrected chi connectivity index (χ4v) is 7.62. The third-order valence-corrected chi connectivity index (χ3v) is 11.7. The smallest absolute Gasteiger partial charge is 0.387 e. The van der Waals surface area contributed by atoms with E-state index >= 15 is 0 Å². The first-order chi connectivity index (χ1) is 27.0. The number of hydrogen-bond donors (Lipinski definition) is 3. The number of nitrogens with one attached hydrogen (secondary N) is 1. The molecule has 332 valence electrons. The second kappa shape index (κ2) is 39.4. The number of allylic oxidation sites excluding steroid dienone is 3. The lowest BCUT2D eigenvalue weighted by Gasteiger charge is -2.25. The van der Waals surface area contributed by atoms with Crippen molar-refractivity contribution in [1.29, 1.82) is 0 Å². The normalized spacial score (nSPS) is 14.5. The zero-order valence-corrected chi connectivity index (χ0v) is 38.5. The molecular formula is C47H94N2O6P+. The standard InChI is InChI=1S/C47H93N2O6P/c1-6-8-10-12-14-16-17-18-19-20-21-22-23-24-25-26-27-28-29-30-31-32-33-34-36-38-40-46(50)45(44-55-56(52,53)54-43-42-49(3,4)5)48-47(51)41-39-37-35-15-13-11-9-7-2/h32-33,38,40,45-46,50H,6-31,34-37,39,41-44H2,1-5H3,(H-,48,51,52,53)/p+1/b33-32+,40-38+. The minimum atomic E-state index is -4.34. The topological polar surface area (TPSA) is 105 Å². The van der Waals surface area contributed by atoms with Crippen molar-refractivity contribution in [2.24, 2.45) is 0 Å². The van der Waals surface area contributed by atoms with Gasteiger partial charge < -0.3 is 19.8 Å². The molecule has 0 bridgehead atoms. The lowest BCUT2D eigenvalue weighted by Crippen LogP contribution is -2.45. The number of likely N-dealkylation sites (N-methyl/N-ethyl adjacent to an activating group) is 1. The van der Waals surface area contributed by atoms with Crippen LogP contribution in [0.4, 0.5) is 0 Å². The van der Waals surface area contributed by atoms with Gasteiger partial charge in [0.25, 0.3) is 0 Å². The van der Waals surface area contributed by atoms with Gasteiger partial charge in [0.1, 0.15) is 13.2 Å². The van der Waals surface area contributed by atoms with Crippen LogP contribution in [0.25, 0.3) is 0 Å². The zero-order chi connectivity index (χ0) is 41.4. The van der Waals surface area contributed by atoms with Gasteiger partial charge in [0.2, 0.25) is 5.91 Å². The third-order valence-electron chi connectivity index (χ3n) is 10.7. The Bertz CT molecular complexity index is 969. The van der Waals surface area contributed by atoms with Crippen LogP contribution >= 0.6 is 7.82 Å². The Labute approximate surface area is 347 Å². The summed E-state index contributed by atoms with van der Waals surface area (Å²) in [5.74, 6) is -0.191. The molecule has 3 unspecified atom stereocenters. The van der Waals surface area contributed by atoms with Gasteiger partial charge in [0.05, 0.1) is 39.9 Å². The molecule has 9 heteroatoms. The summed E-state index contributed by atoms with van der Waals surface area (Å²) in [6.45, 7) is 4.77. The number of rotatable bonds is 43. The summed E-state index contributed by atoms with van der Waals surface area (Å²) in [4.78, 5) is 23.0. The summed E-state index contributed by atoms with van der Waals surface area (Å²) in [7, 11) is 1.56. The van der Waals surface area contributed by atoms with Crippen molar-refractivity contribution >= 4 is 13.7 Å². The number of amides is 1. The Balaban J connectivity index is 4.18. The van der Waals surface area contributed by atoms with Crippen LogP contribution in [0.3, 0.4) is 0 Å². The molecule has 0 radical (unpaired) electrons. The molecule has 0 aromatic carbocycles. The third kappa shape index (κ3) is 41.2. The maximum Gasteiger partial charge on any atom is 0.472 e. The Morgan fingerprint density at radius 2 is 0.982 bits per heavy atom. The number of aliphatic hydroxyl groups excluding tert-OH is 1. The van der Waals surface area contributed by atoms with Crippen LogP contribution in [-0.2, 0) is 18.4 Å². The highest BCUT2D eigenvalue weighted by atomic mass is 31.2. The molecule has 0 aliphatic heterocycles. The van der Waals surface area contributed by atoms with Crippen molar-refractivity contribution in [3.63, 3.8) is 0 Å². The van der Waals surface area contributed by atoms with Crippen LogP contribution in [0.15, 0.2) is 24.3 Å². The number of carbonyl (C=O) groups is 1. The molecule has 0 saturated carbocycles. The van der Waals surface area contributed by atoms with E-state index in [-0.39, 0.29) is 19.1 Å². The van der Waals surface area contributed by atoms with Gasteiger partial charge in [-0.15, -0.1) is 0 Å². The first-order valence-electron chi connectivity index (χ1n) is 23.7. The number of phosphoric ester groups is 1. The average molecular weight is 814 g/mol. The Kier molecular flexibility index (Phi) is 38.7. The lowest BCUT2D eigenvalue weighted by atomic mass is 10.0. The Morgan fingerprint density at radius 1 is 0.589 bits per heavy atom. The van der Waals surface area contributed by atoms with Crippen molar-refractivity contribution in [3.8, 4) is 0 Å². The molecule has 0 aromatic rings. The van der Waals surface area contributed by atoms with Crippen molar-refractivity contribution in [2.75, 3.05) is 40.9 Å². The zero-order valence-electron chi connectivity index (χ0n) is 37.6. The molecule has 0 fully saturated rings. The summed E-state index contributed by atoms with van der Waals surface area (Å²) in [6, 6.07) is -0.856. The van der Waals surface area contributed by atoms with Crippen LogP contribution in [-0.4, -0.2) is 73.4 Å². The van der Waals surface area contributed by atoms with Gasteiger partial charge in [0.15, 0.2) is 0 Å². The van der Waals surface area contributed by atoms with Crippen LogP contribution in [0.5, 0.6) is 0 Å². The molecule has 0 spiro atoms. The first-order valence-corrected chi connectivity index (χ1v) is 25.2. The van der Waals surface area contributed by atoms with E-state index in [1.807, 2.05) is 27.2 Å². The highest BCUT2D eigenvalue weighted by Gasteiger charge is 2.27. The maximum atomic E-state index is 12.8. The van der Waals surface area contributed by atoms with E-state index < -0.39 is 20.0 Å². The molecule has 3 atom stereocenters. The number of carbonyl (C=O) groups excluding carboxylic acids is 1. The summed E-state index contributed by atoms with van der Waals surface area (Å²) in [5.41, 5.74) is 0. The van der Waals surface area contributed by atoms with Crippen LogP contribution < -0.4 is 5.32 Å². The van der Waals surface area contributed by atoms with E-state index in [2.05, 4.69) is 31.3 Å². The molecule has 8 nitrogen and oxygen atoms in total. The molecule has 1 amide bonds. The average Bonchev–Trinajstić information content (AvgIpc) is 3.15. The molecule has 3 N–H and O–H groups in total. The Hall–Kier alpha value is -1.02. The van der Waals surface area contributed by atoms with E-state index in [4.69, 9.17) is 9.05 Å².